The van der Waals surface area contributed by atoms with Crippen molar-refractivity contribution in [1.82, 2.24) is 19.8 Å². The SMILES string of the molecule is COC(=O)c1ncn2c1C(=O)N(Cc1ccc(C)cc1)C(C)(C(=O)NCc1ccc(C)cc1)C2. The number of nitrogens with one attached hydrogen (secondary N) is 1. The third-order valence-corrected chi connectivity index (χ3v) is 6.26. The molecule has 1 aliphatic rings. The van der Waals surface area contributed by atoms with Crippen LogP contribution in [0.4, 0.5) is 0 Å². The van der Waals surface area contributed by atoms with E-state index in [1.807, 2.05) is 62.4 Å². The van der Waals surface area contributed by atoms with Crippen molar-refractivity contribution in [1.29, 1.82) is 0 Å². The Morgan fingerprint density at radius 1 is 1.03 bits per heavy atom. The molecule has 34 heavy (non-hydrogen) atoms. The Kier molecular flexibility index (Phi) is 6.24. The molecule has 0 aliphatic carbocycles. The van der Waals surface area contributed by atoms with Gasteiger partial charge in [-0.3, -0.25) is 9.59 Å². The number of fused-ring (bicyclic) bond motifs is 1. The van der Waals surface area contributed by atoms with Gasteiger partial charge in [-0.1, -0.05) is 59.7 Å². The van der Waals surface area contributed by atoms with Crippen LogP contribution in [0.15, 0.2) is 54.9 Å². The van der Waals surface area contributed by atoms with Crippen LogP contribution in [-0.2, 0) is 29.2 Å². The lowest BCUT2D eigenvalue weighted by molar-refractivity contribution is -0.133. The van der Waals surface area contributed by atoms with E-state index in [-0.39, 0.29) is 30.4 Å². The first-order chi connectivity index (χ1) is 16.2. The largest absolute Gasteiger partial charge is 0.464 e. The standard InChI is InChI=1S/C26H28N4O4/c1-17-5-9-19(10-6-17)13-27-25(33)26(3)15-29-16-28-21(24(32)34-4)22(29)23(31)30(26)14-20-11-7-18(2)8-12-20/h5-12,16H,13-15H2,1-4H3,(H,27,33). The molecule has 4 rings (SSSR count). The molecular formula is C26H28N4O4. The fraction of sp³-hybridized carbons (Fsp3) is 0.308. The Morgan fingerprint density at radius 3 is 2.21 bits per heavy atom. The fourth-order valence-corrected chi connectivity index (χ4v) is 4.14. The van der Waals surface area contributed by atoms with Gasteiger partial charge in [-0.15, -0.1) is 0 Å². The van der Waals surface area contributed by atoms with Crippen molar-refractivity contribution >= 4 is 17.8 Å². The number of nitrogens with zero attached hydrogens (tertiary/aromatic N) is 3. The van der Waals surface area contributed by atoms with Crippen LogP contribution < -0.4 is 5.32 Å². The number of benzene rings is 2. The fourth-order valence-electron chi connectivity index (χ4n) is 4.14. The van der Waals surface area contributed by atoms with Gasteiger partial charge < -0.3 is 19.5 Å². The molecule has 1 aromatic heterocycles. The van der Waals surface area contributed by atoms with E-state index in [1.165, 1.54) is 18.3 Å². The second-order valence-electron chi connectivity index (χ2n) is 8.88. The Bertz CT molecular complexity index is 1230. The molecule has 8 heteroatoms. The number of esters is 1. The lowest BCUT2D eigenvalue weighted by Crippen LogP contribution is -2.63. The predicted molar refractivity (Wildman–Crippen MR) is 126 cm³/mol. The highest BCUT2D eigenvalue weighted by atomic mass is 16.5. The quantitative estimate of drug-likeness (QED) is 0.571. The van der Waals surface area contributed by atoms with Crippen LogP contribution in [0.3, 0.4) is 0 Å². The van der Waals surface area contributed by atoms with E-state index in [0.717, 1.165) is 22.3 Å². The van der Waals surface area contributed by atoms with Gasteiger partial charge in [0, 0.05) is 13.1 Å². The van der Waals surface area contributed by atoms with E-state index < -0.39 is 17.4 Å². The lowest BCUT2D eigenvalue weighted by Gasteiger charge is -2.43. The number of rotatable bonds is 6. The molecule has 1 aliphatic heterocycles. The van der Waals surface area contributed by atoms with Gasteiger partial charge in [0.2, 0.25) is 5.91 Å². The second-order valence-corrected chi connectivity index (χ2v) is 8.88. The molecule has 1 unspecified atom stereocenters. The van der Waals surface area contributed by atoms with E-state index in [1.54, 1.807) is 11.5 Å². The molecule has 0 saturated carbocycles. The zero-order chi connectivity index (χ0) is 24.5. The number of hydrogen-bond donors (Lipinski definition) is 1. The summed E-state index contributed by atoms with van der Waals surface area (Å²) in [7, 11) is 1.24. The average Bonchev–Trinajstić information content (AvgIpc) is 3.25. The summed E-state index contributed by atoms with van der Waals surface area (Å²) in [6.07, 6.45) is 1.41. The molecule has 0 fully saturated rings. The van der Waals surface area contributed by atoms with Crippen molar-refractivity contribution in [3.8, 4) is 0 Å². The normalized spacial score (nSPS) is 17.3. The monoisotopic (exact) mass is 460 g/mol. The summed E-state index contributed by atoms with van der Waals surface area (Å²) < 4.78 is 6.37. The molecule has 8 nitrogen and oxygen atoms in total. The van der Waals surface area contributed by atoms with Crippen LogP contribution >= 0.6 is 0 Å². The van der Waals surface area contributed by atoms with E-state index in [2.05, 4.69) is 10.3 Å². The average molecular weight is 461 g/mol. The number of aromatic nitrogens is 2. The van der Waals surface area contributed by atoms with E-state index in [9.17, 15) is 14.4 Å². The van der Waals surface area contributed by atoms with Gasteiger partial charge in [0.25, 0.3) is 5.91 Å². The Balaban J connectivity index is 1.68. The van der Waals surface area contributed by atoms with Crippen molar-refractivity contribution in [3.63, 3.8) is 0 Å². The van der Waals surface area contributed by atoms with Crippen molar-refractivity contribution < 1.29 is 19.1 Å². The smallest absolute Gasteiger partial charge is 0.359 e. The maximum atomic E-state index is 13.7. The minimum absolute atomic E-state index is 0.0523. The number of ether oxygens (including phenoxy) is 1. The Morgan fingerprint density at radius 2 is 1.62 bits per heavy atom. The highest BCUT2D eigenvalue weighted by molar-refractivity contribution is 6.06. The molecule has 0 saturated heterocycles. The molecule has 0 radical (unpaired) electrons. The van der Waals surface area contributed by atoms with E-state index in [4.69, 9.17) is 4.74 Å². The first kappa shape index (κ1) is 23.2. The number of carbonyl (C=O) groups excluding carboxylic acids is 3. The van der Waals surface area contributed by atoms with Crippen molar-refractivity contribution in [2.45, 2.75) is 45.9 Å². The van der Waals surface area contributed by atoms with Crippen molar-refractivity contribution in [2.75, 3.05) is 7.11 Å². The molecule has 1 N–H and O–H groups in total. The van der Waals surface area contributed by atoms with Crippen LogP contribution in [0.25, 0.3) is 0 Å². The second kappa shape index (κ2) is 9.13. The van der Waals surface area contributed by atoms with Gasteiger partial charge in [0.05, 0.1) is 20.0 Å². The van der Waals surface area contributed by atoms with Gasteiger partial charge >= 0.3 is 5.97 Å². The number of methoxy groups -OCH3 is 1. The molecule has 0 bridgehead atoms. The first-order valence-corrected chi connectivity index (χ1v) is 11.1. The molecule has 0 spiro atoms. The van der Waals surface area contributed by atoms with E-state index >= 15 is 0 Å². The van der Waals surface area contributed by atoms with E-state index in [0.29, 0.717) is 6.54 Å². The highest BCUT2D eigenvalue weighted by Gasteiger charge is 2.48. The zero-order valence-corrected chi connectivity index (χ0v) is 19.8. The number of aryl methyl sites for hydroxylation is 2. The van der Waals surface area contributed by atoms with Crippen molar-refractivity contribution in [3.05, 3.63) is 88.5 Å². The predicted octanol–water partition coefficient (Wildman–Crippen LogP) is 3.02. The molecule has 3 aromatic rings. The molecule has 2 amide bonds. The first-order valence-electron chi connectivity index (χ1n) is 11.1. The lowest BCUT2D eigenvalue weighted by atomic mass is 9.93. The Hall–Kier alpha value is -3.94. The molecule has 176 valence electrons. The number of imidazole rings is 1. The number of carbonyl (C=O) groups is 3. The third kappa shape index (κ3) is 4.31. The van der Waals surface area contributed by atoms with Gasteiger partial charge in [-0.2, -0.15) is 0 Å². The van der Waals surface area contributed by atoms with Crippen molar-refractivity contribution in [2.24, 2.45) is 0 Å². The summed E-state index contributed by atoms with van der Waals surface area (Å²) in [4.78, 5) is 45.1. The van der Waals surface area contributed by atoms with Gasteiger partial charge in [0.15, 0.2) is 5.69 Å². The maximum Gasteiger partial charge on any atom is 0.359 e. The number of amides is 2. The van der Waals surface area contributed by atoms with Crippen LogP contribution in [0.2, 0.25) is 0 Å². The topological polar surface area (TPSA) is 93.5 Å². The van der Waals surface area contributed by atoms with Gasteiger partial charge in [-0.25, -0.2) is 9.78 Å². The molecule has 2 aromatic carbocycles. The maximum absolute atomic E-state index is 13.7. The highest BCUT2D eigenvalue weighted by Crippen LogP contribution is 2.31. The van der Waals surface area contributed by atoms with Crippen LogP contribution in [0.5, 0.6) is 0 Å². The van der Waals surface area contributed by atoms with Crippen LogP contribution in [-0.4, -0.2) is 44.9 Å². The summed E-state index contributed by atoms with van der Waals surface area (Å²) in [6, 6.07) is 15.7. The molecule has 2 heterocycles. The van der Waals surface area contributed by atoms with Gasteiger partial charge in [0.1, 0.15) is 11.2 Å². The molecular weight excluding hydrogens is 432 g/mol. The summed E-state index contributed by atoms with van der Waals surface area (Å²) in [5.41, 5.74) is 2.95. The zero-order valence-electron chi connectivity index (χ0n) is 19.8. The van der Waals surface area contributed by atoms with Gasteiger partial charge in [-0.05, 0) is 31.9 Å². The summed E-state index contributed by atoms with van der Waals surface area (Å²) in [5.74, 6) is -1.42. The summed E-state index contributed by atoms with van der Waals surface area (Å²) >= 11 is 0. The minimum Gasteiger partial charge on any atom is -0.464 e. The third-order valence-electron chi connectivity index (χ3n) is 6.26. The van der Waals surface area contributed by atoms with Crippen LogP contribution in [0, 0.1) is 13.8 Å². The number of hydrogen-bond acceptors (Lipinski definition) is 5. The summed E-state index contributed by atoms with van der Waals surface area (Å²) in [6.45, 7) is 6.43. The molecule has 1 atom stereocenters. The van der Waals surface area contributed by atoms with Crippen LogP contribution in [0.1, 0.15) is 50.2 Å². The Labute approximate surface area is 198 Å². The summed E-state index contributed by atoms with van der Waals surface area (Å²) in [5, 5.41) is 2.99. The minimum atomic E-state index is -1.20.